The molecule has 0 radical (unpaired) electrons. The van der Waals surface area contributed by atoms with E-state index in [4.69, 9.17) is 4.42 Å². The van der Waals surface area contributed by atoms with E-state index in [0.29, 0.717) is 17.3 Å². The highest BCUT2D eigenvalue weighted by Crippen LogP contribution is 2.24. The molecule has 0 amide bonds. The number of furan rings is 1. The van der Waals surface area contributed by atoms with Crippen LogP contribution in [0.2, 0.25) is 0 Å². The SMILES string of the molecule is CC(C)(C)c1n[nH]c(=O)nc1N/N=C/c1ccco1. The van der Waals surface area contributed by atoms with Crippen LogP contribution in [0.5, 0.6) is 0 Å². The molecule has 100 valence electrons. The van der Waals surface area contributed by atoms with Gasteiger partial charge in [-0.1, -0.05) is 20.8 Å². The molecule has 2 rings (SSSR count). The van der Waals surface area contributed by atoms with Gasteiger partial charge in [0.15, 0.2) is 5.82 Å². The summed E-state index contributed by atoms with van der Waals surface area (Å²) in [5.41, 5.74) is 2.55. The summed E-state index contributed by atoms with van der Waals surface area (Å²) in [4.78, 5) is 15.1. The first-order valence-corrected chi connectivity index (χ1v) is 5.76. The number of nitrogens with one attached hydrogen (secondary N) is 2. The van der Waals surface area contributed by atoms with Crippen LogP contribution in [0.1, 0.15) is 32.2 Å². The highest BCUT2D eigenvalue weighted by atomic mass is 16.3. The molecule has 19 heavy (non-hydrogen) atoms. The third-order valence-corrected chi connectivity index (χ3v) is 2.32. The van der Waals surface area contributed by atoms with Crippen LogP contribution in [0.3, 0.4) is 0 Å². The number of H-pyrrole nitrogens is 1. The molecule has 2 N–H and O–H groups in total. The predicted octanol–water partition coefficient (Wildman–Crippen LogP) is 1.50. The van der Waals surface area contributed by atoms with E-state index in [1.807, 2.05) is 20.8 Å². The van der Waals surface area contributed by atoms with Gasteiger partial charge in [-0.2, -0.15) is 15.2 Å². The monoisotopic (exact) mass is 261 g/mol. The van der Waals surface area contributed by atoms with Crippen molar-refractivity contribution in [1.29, 1.82) is 0 Å². The van der Waals surface area contributed by atoms with E-state index in [2.05, 4.69) is 25.7 Å². The van der Waals surface area contributed by atoms with E-state index >= 15 is 0 Å². The van der Waals surface area contributed by atoms with Crippen LogP contribution >= 0.6 is 0 Å². The van der Waals surface area contributed by atoms with Crippen molar-refractivity contribution in [1.82, 2.24) is 15.2 Å². The molecule has 0 unspecified atom stereocenters. The average molecular weight is 261 g/mol. The standard InChI is InChI=1S/C12H15N5O2/c1-12(2,3)9-10(14-11(18)17-15-9)16-13-7-8-5-4-6-19-8/h4-7H,1-3H3,(H2,14,16,17,18)/b13-7+. The first kappa shape index (κ1) is 13.0. The summed E-state index contributed by atoms with van der Waals surface area (Å²) in [6.07, 6.45) is 3.05. The van der Waals surface area contributed by atoms with Gasteiger partial charge in [0, 0.05) is 5.41 Å². The highest BCUT2D eigenvalue weighted by molar-refractivity contribution is 5.76. The number of hydrogen-bond donors (Lipinski definition) is 2. The van der Waals surface area contributed by atoms with Gasteiger partial charge in [-0.05, 0) is 12.1 Å². The van der Waals surface area contributed by atoms with Gasteiger partial charge in [-0.15, -0.1) is 0 Å². The summed E-state index contributed by atoms with van der Waals surface area (Å²) in [7, 11) is 0. The lowest BCUT2D eigenvalue weighted by atomic mass is 9.92. The summed E-state index contributed by atoms with van der Waals surface area (Å²) < 4.78 is 5.10. The molecule has 0 aliphatic heterocycles. The maximum Gasteiger partial charge on any atom is 0.363 e. The number of anilines is 1. The van der Waals surface area contributed by atoms with Gasteiger partial charge < -0.3 is 4.42 Å². The van der Waals surface area contributed by atoms with Crippen molar-refractivity contribution in [2.75, 3.05) is 5.43 Å². The summed E-state index contributed by atoms with van der Waals surface area (Å²) in [6, 6.07) is 3.52. The van der Waals surface area contributed by atoms with Crippen molar-refractivity contribution in [3.63, 3.8) is 0 Å². The minimum Gasteiger partial charge on any atom is -0.463 e. The number of nitrogens with zero attached hydrogens (tertiary/aromatic N) is 3. The number of aromatic nitrogens is 3. The van der Waals surface area contributed by atoms with E-state index in [1.165, 1.54) is 6.21 Å². The number of aromatic amines is 1. The van der Waals surface area contributed by atoms with Crippen molar-refractivity contribution in [2.24, 2.45) is 5.10 Å². The van der Waals surface area contributed by atoms with Crippen LogP contribution in [-0.4, -0.2) is 21.4 Å². The summed E-state index contributed by atoms with van der Waals surface area (Å²) in [6.45, 7) is 5.91. The zero-order chi connectivity index (χ0) is 13.9. The van der Waals surface area contributed by atoms with Crippen LogP contribution < -0.4 is 11.1 Å². The summed E-state index contributed by atoms with van der Waals surface area (Å²) in [5.74, 6) is 0.932. The van der Waals surface area contributed by atoms with E-state index in [0.717, 1.165) is 0 Å². The topological polar surface area (TPSA) is 96.2 Å². The van der Waals surface area contributed by atoms with Crippen molar-refractivity contribution in [2.45, 2.75) is 26.2 Å². The van der Waals surface area contributed by atoms with Crippen LogP contribution in [0, 0.1) is 0 Å². The van der Waals surface area contributed by atoms with Gasteiger partial charge >= 0.3 is 5.69 Å². The quantitative estimate of drug-likeness (QED) is 0.644. The van der Waals surface area contributed by atoms with E-state index in [-0.39, 0.29) is 5.41 Å². The van der Waals surface area contributed by atoms with E-state index in [9.17, 15) is 4.79 Å². The Balaban J connectivity index is 2.24. The highest BCUT2D eigenvalue weighted by Gasteiger charge is 2.21. The van der Waals surface area contributed by atoms with Gasteiger partial charge in [0.1, 0.15) is 11.5 Å². The predicted molar refractivity (Wildman–Crippen MR) is 71.3 cm³/mol. The molecule has 0 saturated carbocycles. The Morgan fingerprint density at radius 2 is 2.26 bits per heavy atom. The molecule has 2 heterocycles. The van der Waals surface area contributed by atoms with E-state index in [1.54, 1.807) is 18.4 Å². The molecule has 7 heteroatoms. The largest absolute Gasteiger partial charge is 0.463 e. The molecule has 0 aromatic carbocycles. The van der Waals surface area contributed by atoms with Gasteiger partial charge in [0.05, 0.1) is 12.5 Å². The van der Waals surface area contributed by atoms with E-state index < -0.39 is 5.69 Å². The van der Waals surface area contributed by atoms with Gasteiger partial charge in [-0.25, -0.2) is 9.89 Å². The van der Waals surface area contributed by atoms with Crippen molar-refractivity contribution in [3.8, 4) is 0 Å². The molecule has 0 bridgehead atoms. The molecule has 0 aliphatic carbocycles. The Hall–Kier alpha value is -2.44. The fraction of sp³-hybridized carbons (Fsp3) is 0.333. The lowest BCUT2D eigenvalue weighted by Gasteiger charge is -2.18. The first-order valence-electron chi connectivity index (χ1n) is 5.76. The second kappa shape index (κ2) is 5.05. The van der Waals surface area contributed by atoms with Crippen molar-refractivity contribution < 1.29 is 4.42 Å². The molecule has 2 aromatic heterocycles. The molecule has 0 spiro atoms. The third-order valence-electron chi connectivity index (χ3n) is 2.32. The second-order valence-corrected chi connectivity index (χ2v) is 4.97. The lowest BCUT2D eigenvalue weighted by molar-refractivity contribution is 0.553. The Bertz CT molecular complexity index is 622. The van der Waals surface area contributed by atoms with Crippen LogP contribution in [0.25, 0.3) is 0 Å². The molecule has 0 aliphatic rings. The third kappa shape index (κ3) is 3.27. The number of hydrogen-bond acceptors (Lipinski definition) is 6. The molecule has 7 nitrogen and oxygen atoms in total. The van der Waals surface area contributed by atoms with Crippen LogP contribution in [0.15, 0.2) is 32.7 Å². The van der Waals surface area contributed by atoms with Crippen LogP contribution in [0.4, 0.5) is 5.82 Å². The van der Waals surface area contributed by atoms with Crippen molar-refractivity contribution >= 4 is 12.0 Å². The molecule has 0 saturated heterocycles. The molecule has 0 fully saturated rings. The Labute approximate surface area is 109 Å². The molecule has 0 atom stereocenters. The maximum atomic E-state index is 11.2. The Kier molecular flexibility index (Phi) is 3.46. The second-order valence-electron chi connectivity index (χ2n) is 4.97. The average Bonchev–Trinajstić information content (AvgIpc) is 2.80. The van der Waals surface area contributed by atoms with Gasteiger partial charge in [-0.3, -0.25) is 5.43 Å². The zero-order valence-electron chi connectivity index (χ0n) is 11.0. The molecule has 2 aromatic rings. The Morgan fingerprint density at radius 3 is 2.89 bits per heavy atom. The molecular formula is C12H15N5O2. The summed E-state index contributed by atoms with van der Waals surface area (Å²) in [5, 5.41) is 10.3. The first-order chi connectivity index (χ1) is 8.97. The fourth-order valence-electron chi connectivity index (χ4n) is 1.46. The lowest BCUT2D eigenvalue weighted by Crippen LogP contribution is -2.24. The van der Waals surface area contributed by atoms with Gasteiger partial charge in [0.25, 0.3) is 0 Å². The molecular weight excluding hydrogens is 246 g/mol. The minimum atomic E-state index is -0.524. The number of hydrazone groups is 1. The smallest absolute Gasteiger partial charge is 0.363 e. The normalized spacial score (nSPS) is 11.9. The Morgan fingerprint density at radius 1 is 1.47 bits per heavy atom. The number of rotatable bonds is 3. The van der Waals surface area contributed by atoms with Crippen molar-refractivity contribution in [3.05, 3.63) is 40.3 Å². The zero-order valence-corrected chi connectivity index (χ0v) is 11.0. The summed E-state index contributed by atoms with van der Waals surface area (Å²) >= 11 is 0. The maximum absolute atomic E-state index is 11.2. The fourth-order valence-corrected chi connectivity index (χ4v) is 1.46. The minimum absolute atomic E-state index is 0.264. The van der Waals surface area contributed by atoms with Crippen LogP contribution in [-0.2, 0) is 5.41 Å². The van der Waals surface area contributed by atoms with Gasteiger partial charge in [0.2, 0.25) is 0 Å².